The maximum absolute atomic E-state index is 13.3. The molecule has 0 saturated heterocycles. The van der Waals surface area contributed by atoms with Crippen molar-refractivity contribution in [3.05, 3.63) is 62.2 Å². The normalized spacial score (nSPS) is 12.4. The molecular formula is C29H34F3N5O3S. The number of aromatic amines is 1. The number of hydrogen-bond donors (Lipinski definition) is 2. The number of aromatic nitrogens is 4. The standard InChI is InChI=1S/C29H34F3N5O3S/c1-5-18(6-2)14-19(7-3)24-10-11-25(41-24)26(38)35-27-33-20-15-21-23(37(28(39)34-21)17-29(30,31)32)16-22(20)36(27)12-9-13-40-8-4/h7,10-11,14-16H,5-6,8-9,12-13,17H2,1-4H3,(H,34,39)(H,33,35,38)/b19-7+. The van der Waals surface area contributed by atoms with E-state index in [2.05, 4.69) is 35.2 Å². The molecule has 4 aromatic rings. The number of imidazole rings is 2. The van der Waals surface area contributed by atoms with Crippen LogP contribution in [0.25, 0.3) is 27.6 Å². The summed E-state index contributed by atoms with van der Waals surface area (Å²) in [7, 11) is 0. The number of rotatable bonds is 12. The lowest BCUT2D eigenvalue weighted by atomic mass is 10.1. The topological polar surface area (TPSA) is 93.9 Å². The van der Waals surface area contributed by atoms with Gasteiger partial charge in [-0.25, -0.2) is 9.78 Å². The number of fused-ring (bicyclic) bond motifs is 2. The molecule has 0 aliphatic carbocycles. The van der Waals surface area contributed by atoms with E-state index in [1.54, 1.807) is 10.6 Å². The van der Waals surface area contributed by atoms with Gasteiger partial charge in [-0.05, 0) is 62.9 Å². The van der Waals surface area contributed by atoms with Gasteiger partial charge in [0.25, 0.3) is 5.91 Å². The zero-order valence-corrected chi connectivity index (χ0v) is 24.3. The lowest BCUT2D eigenvalue weighted by molar-refractivity contribution is -0.140. The van der Waals surface area contributed by atoms with E-state index in [0.29, 0.717) is 46.7 Å². The number of hydrogen-bond acceptors (Lipinski definition) is 5. The maximum atomic E-state index is 13.3. The predicted molar refractivity (Wildman–Crippen MR) is 158 cm³/mol. The van der Waals surface area contributed by atoms with E-state index in [4.69, 9.17) is 4.74 Å². The molecule has 3 aromatic heterocycles. The fraction of sp³-hybridized carbons (Fsp3) is 0.414. The predicted octanol–water partition coefficient (Wildman–Crippen LogP) is 7.13. The van der Waals surface area contributed by atoms with Gasteiger partial charge in [0, 0.05) is 24.6 Å². The minimum absolute atomic E-state index is 0.108. The summed E-state index contributed by atoms with van der Waals surface area (Å²) in [5, 5.41) is 2.89. The number of thiophene rings is 1. The molecule has 220 valence electrons. The summed E-state index contributed by atoms with van der Waals surface area (Å²) >= 11 is 1.37. The molecule has 0 atom stereocenters. The van der Waals surface area contributed by atoms with E-state index in [-0.39, 0.29) is 22.9 Å². The van der Waals surface area contributed by atoms with Gasteiger partial charge in [0.2, 0.25) is 5.95 Å². The van der Waals surface area contributed by atoms with Crippen LogP contribution in [-0.4, -0.2) is 44.4 Å². The van der Waals surface area contributed by atoms with Crippen LogP contribution in [0.15, 0.2) is 46.8 Å². The van der Waals surface area contributed by atoms with Crippen molar-refractivity contribution in [2.45, 2.75) is 66.2 Å². The highest BCUT2D eigenvalue weighted by Gasteiger charge is 2.30. The number of carbonyl (C=O) groups excluding carboxylic acids is 1. The van der Waals surface area contributed by atoms with Gasteiger partial charge < -0.3 is 14.3 Å². The van der Waals surface area contributed by atoms with Crippen molar-refractivity contribution in [1.29, 1.82) is 0 Å². The molecule has 8 nitrogen and oxygen atoms in total. The minimum atomic E-state index is -4.57. The smallest absolute Gasteiger partial charge is 0.382 e. The Morgan fingerprint density at radius 1 is 1.12 bits per heavy atom. The van der Waals surface area contributed by atoms with Crippen LogP contribution in [-0.2, 0) is 17.8 Å². The second kappa shape index (κ2) is 12.9. The Labute approximate surface area is 239 Å². The molecule has 0 aliphatic rings. The molecule has 2 N–H and O–H groups in total. The Balaban J connectivity index is 1.70. The number of aryl methyl sites for hydroxylation is 1. The third-order valence-electron chi connectivity index (χ3n) is 6.77. The molecule has 0 saturated carbocycles. The summed E-state index contributed by atoms with van der Waals surface area (Å²) < 4.78 is 47.4. The zero-order chi connectivity index (χ0) is 29.7. The van der Waals surface area contributed by atoms with Crippen LogP contribution in [0.2, 0.25) is 0 Å². The Kier molecular flexibility index (Phi) is 9.54. The number of halogens is 3. The third-order valence-corrected chi connectivity index (χ3v) is 7.91. The van der Waals surface area contributed by atoms with E-state index < -0.39 is 18.4 Å². The average Bonchev–Trinajstić information content (AvgIpc) is 3.62. The van der Waals surface area contributed by atoms with E-state index in [1.807, 2.05) is 26.0 Å². The molecule has 0 radical (unpaired) electrons. The molecule has 41 heavy (non-hydrogen) atoms. The van der Waals surface area contributed by atoms with Crippen molar-refractivity contribution < 1.29 is 22.7 Å². The number of alkyl halides is 3. The van der Waals surface area contributed by atoms with Crippen LogP contribution in [0.3, 0.4) is 0 Å². The first-order chi connectivity index (χ1) is 19.6. The quantitative estimate of drug-likeness (QED) is 0.136. The van der Waals surface area contributed by atoms with E-state index in [1.165, 1.54) is 29.0 Å². The molecule has 0 aliphatic heterocycles. The van der Waals surface area contributed by atoms with Gasteiger partial charge in [-0.3, -0.25) is 14.7 Å². The number of amides is 1. The Bertz CT molecular complexity index is 1650. The monoisotopic (exact) mass is 589 g/mol. The van der Waals surface area contributed by atoms with Crippen molar-refractivity contribution in [3.63, 3.8) is 0 Å². The Hall–Kier alpha value is -3.64. The number of nitrogens with one attached hydrogen (secondary N) is 2. The lowest BCUT2D eigenvalue weighted by Crippen LogP contribution is -2.26. The summed E-state index contributed by atoms with van der Waals surface area (Å²) in [6.45, 7) is 8.07. The van der Waals surface area contributed by atoms with Gasteiger partial charge in [0.15, 0.2) is 0 Å². The first kappa shape index (κ1) is 30.3. The van der Waals surface area contributed by atoms with Gasteiger partial charge in [0.05, 0.1) is 26.9 Å². The van der Waals surface area contributed by atoms with Crippen LogP contribution in [0.4, 0.5) is 19.1 Å². The minimum Gasteiger partial charge on any atom is -0.382 e. The first-order valence-electron chi connectivity index (χ1n) is 13.6. The highest BCUT2D eigenvalue weighted by molar-refractivity contribution is 7.15. The third kappa shape index (κ3) is 6.99. The second-order valence-corrected chi connectivity index (χ2v) is 10.6. The Morgan fingerprint density at radius 2 is 1.85 bits per heavy atom. The molecule has 0 spiro atoms. The summed E-state index contributed by atoms with van der Waals surface area (Å²) in [6.07, 6.45) is 2.10. The zero-order valence-electron chi connectivity index (χ0n) is 23.5. The van der Waals surface area contributed by atoms with E-state index >= 15 is 0 Å². The molecule has 0 unspecified atom stereocenters. The van der Waals surface area contributed by atoms with Gasteiger partial charge in [-0.2, -0.15) is 13.2 Å². The van der Waals surface area contributed by atoms with Crippen LogP contribution in [0, 0.1) is 0 Å². The van der Waals surface area contributed by atoms with Crippen LogP contribution >= 0.6 is 11.3 Å². The fourth-order valence-corrected chi connectivity index (χ4v) is 5.60. The Morgan fingerprint density at radius 3 is 2.51 bits per heavy atom. The second-order valence-electron chi connectivity index (χ2n) is 9.50. The highest BCUT2D eigenvalue weighted by atomic mass is 32.1. The van der Waals surface area contributed by atoms with Crippen molar-refractivity contribution >= 4 is 50.8 Å². The molecule has 12 heteroatoms. The van der Waals surface area contributed by atoms with Crippen LogP contribution in [0.5, 0.6) is 0 Å². The summed E-state index contributed by atoms with van der Waals surface area (Å²) in [4.78, 5) is 34.1. The number of benzene rings is 1. The van der Waals surface area contributed by atoms with Gasteiger partial charge in [-0.15, -0.1) is 11.3 Å². The number of H-pyrrole nitrogens is 1. The SMILES string of the molecule is C/C=C(\C=C(CC)CC)c1ccc(C(=O)Nc2nc3cc4[nH]c(=O)n(CC(F)(F)F)c4cc3n2CCCOCC)s1. The van der Waals surface area contributed by atoms with Crippen molar-refractivity contribution in [3.8, 4) is 0 Å². The summed E-state index contributed by atoms with van der Waals surface area (Å²) in [5.74, 6) is -0.0768. The maximum Gasteiger partial charge on any atom is 0.406 e. The summed E-state index contributed by atoms with van der Waals surface area (Å²) in [6, 6.07) is 6.72. The number of allylic oxidation sites excluding steroid dienone is 4. The molecule has 0 bridgehead atoms. The highest BCUT2D eigenvalue weighted by Crippen LogP contribution is 2.30. The molecular weight excluding hydrogens is 555 g/mol. The van der Waals surface area contributed by atoms with Gasteiger partial charge in [-0.1, -0.05) is 31.6 Å². The van der Waals surface area contributed by atoms with Gasteiger partial charge in [0.1, 0.15) is 6.54 Å². The fourth-order valence-electron chi connectivity index (χ4n) is 4.65. The molecule has 4 rings (SSSR count). The van der Waals surface area contributed by atoms with Crippen molar-refractivity contribution in [2.24, 2.45) is 0 Å². The van der Waals surface area contributed by atoms with Gasteiger partial charge >= 0.3 is 11.9 Å². The first-order valence-corrected chi connectivity index (χ1v) is 14.4. The number of carbonyl (C=O) groups is 1. The lowest BCUT2D eigenvalue weighted by Gasteiger charge is -2.11. The van der Waals surface area contributed by atoms with E-state index in [0.717, 1.165) is 23.3 Å². The molecule has 1 amide bonds. The molecule has 0 fully saturated rings. The molecule has 1 aromatic carbocycles. The molecule has 3 heterocycles. The average molecular weight is 590 g/mol. The van der Waals surface area contributed by atoms with Crippen molar-refractivity contribution in [2.75, 3.05) is 18.5 Å². The van der Waals surface area contributed by atoms with Crippen LogP contribution < -0.4 is 11.0 Å². The summed E-state index contributed by atoms with van der Waals surface area (Å²) in [5.41, 5.74) is 2.79. The largest absolute Gasteiger partial charge is 0.406 e. The van der Waals surface area contributed by atoms with Crippen LogP contribution in [0.1, 0.15) is 61.5 Å². The number of nitrogens with zero attached hydrogens (tertiary/aromatic N) is 3. The van der Waals surface area contributed by atoms with Crippen molar-refractivity contribution in [1.82, 2.24) is 19.1 Å². The number of anilines is 1. The van der Waals surface area contributed by atoms with E-state index in [9.17, 15) is 22.8 Å². The number of ether oxygens (including phenoxy) is 1.